The zero-order valence-electron chi connectivity index (χ0n) is 19.7. The van der Waals surface area contributed by atoms with Crippen molar-refractivity contribution in [1.82, 2.24) is 20.2 Å². The molecule has 2 aromatic carbocycles. The lowest BCUT2D eigenvalue weighted by Crippen LogP contribution is -2.54. The van der Waals surface area contributed by atoms with E-state index in [0.29, 0.717) is 12.6 Å². The lowest BCUT2D eigenvalue weighted by atomic mass is 9.65. The Balaban J connectivity index is 1.55. The molecule has 1 saturated carbocycles. The van der Waals surface area contributed by atoms with E-state index in [2.05, 4.69) is 15.6 Å². The highest BCUT2D eigenvalue weighted by Gasteiger charge is 2.44. The topological polar surface area (TPSA) is 96.0 Å². The van der Waals surface area contributed by atoms with Gasteiger partial charge in [-0.1, -0.05) is 6.07 Å². The summed E-state index contributed by atoms with van der Waals surface area (Å²) < 4.78 is 42.5. The number of nitrogens with one attached hydrogen (secondary N) is 3. The Morgan fingerprint density at radius 3 is 2.47 bits per heavy atom. The van der Waals surface area contributed by atoms with Crippen molar-refractivity contribution < 1.29 is 18.0 Å². The quantitative estimate of drug-likeness (QED) is 0.483. The third-order valence-electron chi connectivity index (χ3n) is 7.73. The number of halogens is 3. The van der Waals surface area contributed by atoms with Crippen LogP contribution in [0, 0.1) is 22.9 Å². The summed E-state index contributed by atoms with van der Waals surface area (Å²) in [4.78, 5) is 42.7. The molecule has 3 aromatic rings. The van der Waals surface area contributed by atoms with Gasteiger partial charge in [-0.25, -0.2) is 22.5 Å². The van der Waals surface area contributed by atoms with Gasteiger partial charge >= 0.3 is 5.69 Å². The molecule has 2 saturated heterocycles. The van der Waals surface area contributed by atoms with Gasteiger partial charge in [0.05, 0.1) is 16.9 Å². The molecule has 0 spiro atoms. The Hall–Kier alpha value is -3.40. The number of rotatable bonds is 6. The molecule has 3 aliphatic rings. The monoisotopic (exact) mass is 500 g/mol. The number of aromatic nitrogens is 2. The molecular weight excluding hydrogens is 473 g/mol. The normalized spacial score (nSPS) is 22.9. The van der Waals surface area contributed by atoms with Crippen LogP contribution in [0.25, 0.3) is 10.9 Å². The van der Waals surface area contributed by atoms with Gasteiger partial charge in [-0.15, -0.1) is 0 Å². The Labute approximate surface area is 204 Å². The van der Waals surface area contributed by atoms with Crippen molar-refractivity contribution in [1.29, 1.82) is 0 Å². The fourth-order valence-electron chi connectivity index (χ4n) is 5.68. The lowest BCUT2D eigenvalue weighted by molar-refractivity contribution is -0.126. The van der Waals surface area contributed by atoms with E-state index in [-0.39, 0.29) is 28.3 Å². The summed E-state index contributed by atoms with van der Waals surface area (Å²) in [6, 6.07) is 4.89. The number of carbonyl (C=O) groups excluding carboxylic acids is 1. The van der Waals surface area contributed by atoms with Crippen molar-refractivity contribution >= 4 is 16.8 Å². The highest BCUT2D eigenvalue weighted by Crippen LogP contribution is 2.45. The molecule has 190 valence electrons. The predicted octanol–water partition coefficient (Wildman–Crippen LogP) is 3.45. The number of hydrogen-bond donors (Lipinski definition) is 3. The summed E-state index contributed by atoms with van der Waals surface area (Å²) in [5, 5.41) is 6.12. The van der Waals surface area contributed by atoms with Gasteiger partial charge in [0.25, 0.3) is 5.56 Å². The van der Waals surface area contributed by atoms with Crippen molar-refractivity contribution in [3.63, 3.8) is 0 Å². The van der Waals surface area contributed by atoms with E-state index in [1.165, 1.54) is 12.1 Å². The Morgan fingerprint density at radius 1 is 1.11 bits per heavy atom. The third kappa shape index (κ3) is 4.45. The molecule has 1 aromatic heterocycles. The van der Waals surface area contributed by atoms with Crippen LogP contribution in [-0.2, 0) is 4.79 Å². The largest absolute Gasteiger partial charge is 0.348 e. The third-order valence-corrected chi connectivity index (χ3v) is 7.73. The first kappa shape index (κ1) is 24.3. The van der Waals surface area contributed by atoms with Gasteiger partial charge in [0, 0.05) is 24.2 Å². The molecular formula is C26H27F3N4O3. The van der Waals surface area contributed by atoms with Crippen LogP contribution in [0.15, 0.2) is 46.0 Å². The minimum Gasteiger partial charge on any atom is -0.348 e. The Bertz CT molecular complexity index is 1430. The molecule has 10 heteroatoms. The predicted molar refractivity (Wildman–Crippen MR) is 128 cm³/mol. The second-order valence-electron chi connectivity index (χ2n) is 10.1. The summed E-state index contributed by atoms with van der Waals surface area (Å²) in [6.07, 6.45) is 3.75. The molecule has 2 atom stereocenters. The molecule has 6 rings (SSSR count). The molecule has 3 fully saturated rings. The second kappa shape index (κ2) is 9.24. The van der Waals surface area contributed by atoms with E-state index in [1.807, 2.05) is 0 Å². The van der Waals surface area contributed by atoms with Crippen LogP contribution in [0.1, 0.15) is 56.7 Å². The number of benzene rings is 2. The van der Waals surface area contributed by atoms with E-state index >= 15 is 0 Å². The standard InChI is InChI=1S/C26H27F3N4O3/c1-14(18-4-2-16(28)11-20(18)29)31-23(34)22(12-26-8-6-17(7-9-26)30-13-26)33-24(35)19-10-15(27)3-5-21(19)32-25(33)36/h2-5,10-11,14,17,22,30H,6-9,12-13H2,1H3,(H,31,34)(H,32,36)/t14-,17?,22-,26?/m1/s1. The van der Waals surface area contributed by atoms with Crippen molar-refractivity contribution in [2.24, 2.45) is 5.41 Å². The van der Waals surface area contributed by atoms with Gasteiger partial charge in [0.15, 0.2) is 0 Å². The minimum absolute atomic E-state index is 0.0481. The summed E-state index contributed by atoms with van der Waals surface area (Å²) in [6.45, 7) is 2.19. The second-order valence-corrected chi connectivity index (χ2v) is 10.1. The highest BCUT2D eigenvalue weighted by molar-refractivity contribution is 5.82. The maximum absolute atomic E-state index is 14.4. The number of fused-ring (bicyclic) bond motifs is 4. The van der Waals surface area contributed by atoms with Crippen LogP contribution >= 0.6 is 0 Å². The van der Waals surface area contributed by atoms with Gasteiger partial charge in [-0.3, -0.25) is 9.59 Å². The van der Waals surface area contributed by atoms with Crippen LogP contribution in [0.2, 0.25) is 0 Å². The summed E-state index contributed by atoms with van der Waals surface area (Å²) in [5.74, 6) is -2.85. The van der Waals surface area contributed by atoms with E-state index in [0.717, 1.165) is 54.5 Å². The number of aromatic amines is 1. The maximum Gasteiger partial charge on any atom is 0.329 e. The highest BCUT2D eigenvalue weighted by atomic mass is 19.1. The molecule has 2 bridgehead atoms. The van der Waals surface area contributed by atoms with Gasteiger partial charge in [-0.05, 0) is 68.7 Å². The van der Waals surface area contributed by atoms with Crippen LogP contribution in [0.4, 0.5) is 13.2 Å². The Morgan fingerprint density at radius 2 is 1.81 bits per heavy atom. The fraction of sp³-hybridized carbons (Fsp3) is 0.423. The smallest absolute Gasteiger partial charge is 0.329 e. The Kier molecular flexibility index (Phi) is 6.23. The fourth-order valence-corrected chi connectivity index (χ4v) is 5.68. The first-order chi connectivity index (χ1) is 17.2. The van der Waals surface area contributed by atoms with Crippen molar-refractivity contribution in [2.45, 2.75) is 57.2 Å². The molecule has 1 amide bonds. The summed E-state index contributed by atoms with van der Waals surface area (Å²) in [5.41, 5.74) is -1.62. The lowest BCUT2D eigenvalue weighted by Gasteiger charge is -2.48. The SMILES string of the molecule is C[C@@H](NC(=O)[C@@H](CC12CCC(CC1)NC2)n1c(=O)[nH]c2ccc(F)cc2c1=O)c1ccc(F)cc1F. The van der Waals surface area contributed by atoms with Crippen LogP contribution in [0.3, 0.4) is 0 Å². The van der Waals surface area contributed by atoms with E-state index in [1.54, 1.807) is 6.92 Å². The molecule has 0 radical (unpaired) electrons. The molecule has 3 N–H and O–H groups in total. The minimum atomic E-state index is -1.21. The maximum atomic E-state index is 14.4. The number of carbonyl (C=O) groups is 1. The zero-order valence-corrected chi connectivity index (χ0v) is 19.7. The summed E-state index contributed by atoms with van der Waals surface area (Å²) >= 11 is 0. The average Bonchev–Trinajstić information content (AvgIpc) is 2.85. The summed E-state index contributed by atoms with van der Waals surface area (Å²) in [7, 11) is 0. The molecule has 0 unspecified atom stereocenters. The van der Waals surface area contributed by atoms with Crippen LogP contribution < -0.4 is 21.9 Å². The van der Waals surface area contributed by atoms with E-state index < -0.39 is 46.7 Å². The average molecular weight is 501 g/mol. The molecule has 3 heterocycles. The first-order valence-electron chi connectivity index (χ1n) is 12.1. The van der Waals surface area contributed by atoms with Gasteiger partial charge in [0.2, 0.25) is 5.91 Å². The number of H-pyrrole nitrogens is 1. The molecule has 36 heavy (non-hydrogen) atoms. The van der Waals surface area contributed by atoms with Gasteiger partial charge in [0.1, 0.15) is 23.5 Å². The molecule has 7 nitrogen and oxygen atoms in total. The number of amides is 1. The van der Waals surface area contributed by atoms with Gasteiger partial charge < -0.3 is 15.6 Å². The number of piperidine rings is 2. The molecule has 1 aliphatic carbocycles. The van der Waals surface area contributed by atoms with Gasteiger partial charge in [-0.2, -0.15) is 0 Å². The molecule has 2 aliphatic heterocycles. The zero-order chi connectivity index (χ0) is 25.6. The van der Waals surface area contributed by atoms with Crippen molar-refractivity contribution in [3.05, 3.63) is 80.3 Å². The van der Waals surface area contributed by atoms with Crippen LogP contribution in [-0.4, -0.2) is 28.0 Å². The van der Waals surface area contributed by atoms with Crippen molar-refractivity contribution in [2.75, 3.05) is 6.54 Å². The van der Waals surface area contributed by atoms with Crippen LogP contribution in [0.5, 0.6) is 0 Å². The van der Waals surface area contributed by atoms with Crippen molar-refractivity contribution in [3.8, 4) is 0 Å². The van der Waals surface area contributed by atoms with E-state index in [4.69, 9.17) is 0 Å². The number of hydrogen-bond acceptors (Lipinski definition) is 4. The van der Waals surface area contributed by atoms with E-state index in [9.17, 15) is 27.6 Å². The number of nitrogens with zero attached hydrogens (tertiary/aromatic N) is 1. The first-order valence-corrected chi connectivity index (χ1v) is 12.1.